The third-order valence-corrected chi connectivity index (χ3v) is 13.8. The number of rotatable bonds is 55. The van der Waals surface area contributed by atoms with Gasteiger partial charge in [-0.3, -0.25) is 9.59 Å². The Balaban J connectivity index is 3.39. The van der Waals surface area contributed by atoms with Gasteiger partial charge in [0.15, 0.2) is 0 Å². The summed E-state index contributed by atoms with van der Waals surface area (Å²) in [6, 6.07) is -0.626. The minimum absolute atomic E-state index is 0.0138. The predicted molar refractivity (Wildman–Crippen MR) is 283 cm³/mol. The molecular formula is C59H115NO5. The van der Waals surface area contributed by atoms with Crippen LogP contribution in [0.2, 0.25) is 0 Å². The Bertz CT molecular complexity index is 970. The number of nitrogens with one attached hydrogen (secondary N) is 1. The summed E-state index contributed by atoms with van der Waals surface area (Å²) in [4.78, 5) is 24.5. The molecule has 6 heteroatoms. The highest BCUT2D eigenvalue weighted by molar-refractivity contribution is 5.76. The lowest BCUT2D eigenvalue weighted by molar-refractivity contribution is -0.143. The second-order valence-corrected chi connectivity index (χ2v) is 20.3. The maximum atomic E-state index is 12.4. The Labute approximate surface area is 406 Å². The van der Waals surface area contributed by atoms with Crippen molar-refractivity contribution < 1.29 is 24.5 Å². The fourth-order valence-corrected chi connectivity index (χ4v) is 9.28. The molecule has 2 unspecified atom stereocenters. The highest BCUT2D eigenvalue weighted by Gasteiger charge is 2.18. The summed E-state index contributed by atoms with van der Waals surface area (Å²) in [6.45, 7) is 4.92. The number of ether oxygens (including phenoxy) is 1. The first-order valence-corrected chi connectivity index (χ1v) is 29.5. The number of hydrogen-bond donors (Lipinski definition) is 3. The minimum atomic E-state index is -0.843. The Hall–Kier alpha value is -1.40. The van der Waals surface area contributed by atoms with E-state index in [-0.39, 0.29) is 18.5 Å². The van der Waals surface area contributed by atoms with Crippen LogP contribution in [0, 0.1) is 0 Å². The zero-order valence-electron chi connectivity index (χ0n) is 44.0. The smallest absolute Gasteiger partial charge is 0.305 e. The fourth-order valence-electron chi connectivity index (χ4n) is 9.28. The van der Waals surface area contributed by atoms with Gasteiger partial charge in [-0.25, -0.2) is 0 Å². The van der Waals surface area contributed by atoms with Gasteiger partial charge >= 0.3 is 5.97 Å². The molecule has 3 N–H and O–H groups in total. The molecule has 0 spiro atoms. The van der Waals surface area contributed by atoms with Gasteiger partial charge in [-0.2, -0.15) is 0 Å². The van der Waals surface area contributed by atoms with Crippen molar-refractivity contribution >= 4 is 11.9 Å². The first-order chi connectivity index (χ1) is 32.0. The van der Waals surface area contributed by atoms with Crippen LogP contribution in [-0.4, -0.2) is 47.4 Å². The molecule has 0 aromatic rings. The lowest BCUT2D eigenvalue weighted by Gasteiger charge is -2.20. The van der Waals surface area contributed by atoms with Crippen molar-refractivity contribution in [2.24, 2.45) is 0 Å². The number of esters is 1. The largest absolute Gasteiger partial charge is 0.466 e. The average molecular weight is 919 g/mol. The summed E-state index contributed by atoms with van der Waals surface area (Å²) < 4.78 is 5.47. The van der Waals surface area contributed by atoms with E-state index in [0.29, 0.717) is 19.4 Å². The summed E-state index contributed by atoms with van der Waals surface area (Å²) in [5.74, 6) is -0.0528. The number of aliphatic hydroxyl groups is 2. The molecule has 0 aliphatic heterocycles. The van der Waals surface area contributed by atoms with E-state index in [1.54, 1.807) is 6.08 Å². The summed E-state index contributed by atoms with van der Waals surface area (Å²) in [5.41, 5.74) is 0. The molecule has 0 bridgehead atoms. The van der Waals surface area contributed by atoms with Crippen LogP contribution in [0.3, 0.4) is 0 Å². The predicted octanol–water partition coefficient (Wildman–Crippen LogP) is 18.1. The average Bonchev–Trinajstić information content (AvgIpc) is 3.31. The summed E-state index contributed by atoms with van der Waals surface area (Å²) in [5, 5.41) is 23.1. The number of carbonyl (C=O) groups excluding carboxylic acids is 2. The standard InChI is InChI=1S/C59H115NO5/c1-3-5-7-9-11-13-15-17-28-31-35-39-43-47-51-57(62)56(55-61)60-58(63)52-48-44-40-36-32-29-26-24-22-20-18-19-21-23-25-27-30-34-38-42-46-50-54-65-59(64)53-49-45-41-37-33-16-14-12-10-8-6-4-2/h47,51,56-57,61-62H,3-46,48-50,52-55H2,1-2H3,(H,60,63)/b51-47+. The van der Waals surface area contributed by atoms with Crippen LogP contribution < -0.4 is 5.32 Å². The van der Waals surface area contributed by atoms with Crippen molar-refractivity contribution in [3.63, 3.8) is 0 Å². The molecule has 0 rings (SSSR count). The molecule has 0 radical (unpaired) electrons. The van der Waals surface area contributed by atoms with Crippen molar-refractivity contribution in [3.05, 3.63) is 12.2 Å². The molecule has 0 aromatic carbocycles. The molecule has 0 aliphatic carbocycles. The SMILES string of the molecule is CCCCCCCCCCCCCC/C=C/C(O)C(CO)NC(=O)CCCCCCCCCCCCCCCCCCCCCCCCOC(=O)CCCCCCCCCCCCCC. The molecule has 0 heterocycles. The Morgan fingerprint density at radius 1 is 0.415 bits per heavy atom. The molecule has 65 heavy (non-hydrogen) atoms. The quantitative estimate of drug-likeness (QED) is 0.0321. The highest BCUT2D eigenvalue weighted by atomic mass is 16.5. The third-order valence-electron chi connectivity index (χ3n) is 13.8. The van der Waals surface area contributed by atoms with Gasteiger partial charge in [-0.15, -0.1) is 0 Å². The first kappa shape index (κ1) is 63.6. The van der Waals surface area contributed by atoms with Crippen LogP contribution in [0.15, 0.2) is 12.2 Å². The van der Waals surface area contributed by atoms with Gasteiger partial charge in [-0.05, 0) is 32.1 Å². The molecular weight excluding hydrogens is 803 g/mol. The number of carbonyl (C=O) groups is 2. The van der Waals surface area contributed by atoms with E-state index < -0.39 is 12.1 Å². The number of unbranched alkanes of at least 4 members (excludes halogenated alkanes) is 44. The Kier molecular flexibility index (Phi) is 54.0. The van der Waals surface area contributed by atoms with Crippen molar-refractivity contribution in [3.8, 4) is 0 Å². The van der Waals surface area contributed by atoms with E-state index in [1.165, 1.54) is 263 Å². The number of allylic oxidation sites excluding steroid dienone is 1. The Morgan fingerprint density at radius 3 is 1.05 bits per heavy atom. The summed E-state index contributed by atoms with van der Waals surface area (Å²) in [6.07, 6.45) is 65.2. The van der Waals surface area contributed by atoms with Crippen molar-refractivity contribution in [2.75, 3.05) is 13.2 Å². The van der Waals surface area contributed by atoms with Gasteiger partial charge in [0.2, 0.25) is 5.91 Å². The van der Waals surface area contributed by atoms with Gasteiger partial charge in [0, 0.05) is 12.8 Å². The maximum absolute atomic E-state index is 12.4. The van der Waals surface area contributed by atoms with Gasteiger partial charge in [0.05, 0.1) is 25.4 Å². The van der Waals surface area contributed by atoms with Gasteiger partial charge in [0.25, 0.3) is 0 Å². The van der Waals surface area contributed by atoms with Crippen LogP contribution in [0.1, 0.15) is 328 Å². The maximum Gasteiger partial charge on any atom is 0.305 e. The van der Waals surface area contributed by atoms with E-state index in [9.17, 15) is 19.8 Å². The van der Waals surface area contributed by atoms with Crippen molar-refractivity contribution in [1.29, 1.82) is 0 Å². The minimum Gasteiger partial charge on any atom is -0.466 e. The van der Waals surface area contributed by atoms with Crippen LogP contribution in [0.5, 0.6) is 0 Å². The normalized spacial score (nSPS) is 12.6. The fraction of sp³-hybridized carbons (Fsp3) is 0.932. The molecule has 0 aliphatic rings. The number of amides is 1. The van der Waals surface area contributed by atoms with E-state index in [2.05, 4.69) is 19.2 Å². The molecule has 6 nitrogen and oxygen atoms in total. The molecule has 2 atom stereocenters. The molecule has 0 saturated heterocycles. The lowest BCUT2D eigenvalue weighted by atomic mass is 10.0. The summed E-state index contributed by atoms with van der Waals surface area (Å²) >= 11 is 0. The molecule has 0 saturated carbocycles. The number of hydrogen-bond acceptors (Lipinski definition) is 5. The highest BCUT2D eigenvalue weighted by Crippen LogP contribution is 2.18. The van der Waals surface area contributed by atoms with Crippen molar-refractivity contribution in [1.82, 2.24) is 5.32 Å². The van der Waals surface area contributed by atoms with Crippen LogP contribution in [0.4, 0.5) is 0 Å². The second kappa shape index (κ2) is 55.2. The molecule has 0 fully saturated rings. The topological polar surface area (TPSA) is 95.9 Å². The third kappa shape index (κ3) is 51.8. The zero-order chi connectivity index (χ0) is 47.2. The van der Waals surface area contributed by atoms with Crippen LogP contribution in [0.25, 0.3) is 0 Å². The van der Waals surface area contributed by atoms with E-state index in [0.717, 1.165) is 38.5 Å². The van der Waals surface area contributed by atoms with E-state index >= 15 is 0 Å². The van der Waals surface area contributed by atoms with Crippen molar-refractivity contribution in [2.45, 2.75) is 341 Å². The first-order valence-electron chi connectivity index (χ1n) is 29.5. The van der Waals surface area contributed by atoms with Gasteiger partial charge in [0.1, 0.15) is 0 Å². The number of aliphatic hydroxyl groups excluding tert-OH is 2. The van der Waals surface area contributed by atoms with E-state index in [4.69, 9.17) is 4.74 Å². The zero-order valence-corrected chi connectivity index (χ0v) is 44.0. The van der Waals surface area contributed by atoms with Gasteiger partial charge in [-0.1, -0.05) is 296 Å². The van der Waals surface area contributed by atoms with Gasteiger partial charge < -0.3 is 20.3 Å². The summed E-state index contributed by atoms with van der Waals surface area (Å²) in [7, 11) is 0. The molecule has 1 amide bonds. The second-order valence-electron chi connectivity index (χ2n) is 20.3. The van der Waals surface area contributed by atoms with E-state index in [1.807, 2.05) is 6.08 Å². The van der Waals surface area contributed by atoms with Crippen LogP contribution in [-0.2, 0) is 14.3 Å². The molecule has 0 aromatic heterocycles. The van der Waals surface area contributed by atoms with Crippen LogP contribution >= 0.6 is 0 Å². The lowest BCUT2D eigenvalue weighted by Crippen LogP contribution is -2.45. The monoisotopic (exact) mass is 918 g/mol. The molecule has 386 valence electrons. The Morgan fingerprint density at radius 2 is 0.708 bits per heavy atom.